The molecule has 6 N–H and O–H groups in total. The maximum atomic E-state index is 13.1. The van der Waals surface area contributed by atoms with Crippen molar-refractivity contribution in [2.24, 2.45) is 0 Å². The Kier molecular flexibility index (Phi) is 75.7. The van der Waals surface area contributed by atoms with Crippen molar-refractivity contribution in [2.75, 3.05) is 19.8 Å². The number of esters is 1. The highest BCUT2D eigenvalue weighted by molar-refractivity contribution is 5.76. The Morgan fingerprint density at radius 3 is 0.930 bits per heavy atom. The van der Waals surface area contributed by atoms with E-state index < -0.39 is 49.5 Å². The summed E-state index contributed by atoms with van der Waals surface area (Å²) in [6.45, 7) is 4.43. The van der Waals surface area contributed by atoms with Gasteiger partial charge in [0.05, 0.1) is 32.0 Å². The van der Waals surface area contributed by atoms with Gasteiger partial charge in [0.1, 0.15) is 24.4 Å². The Balaban J connectivity index is 1.85. The standard InChI is InChI=1S/C89H173NO10/c1-3-5-7-9-11-13-15-17-19-20-45-49-53-57-61-65-69-73-77-85(94)98-78-74-70-66-62-58-54-50-46-43-41-39-37-35-33-31-29-27-25-23-21-22-24-26-28-30-32-34-36-38-40-42-44-48-52-56-60-64-68-72-76-84(93)90-81(80-99-89-88(97)87(96)86(95)83(79-91)100-89)82(92)75-71-67-63-59-55-51-47-18-16-14-12-10-8-6-4-2/h71,75,81-83,86-89,91-92,95-97H,3-70,72-74,76-80H2,1-2H3,(H,90,93)/b75-71+. The van der Waals surface area contributed by atoms with Gasteiger partial charge in [-0.2, -0.15) is 0 Å². The predicted octanol–water partition coefficient (Wildman–Crippen LogP) is 25.3. The van der Waals surface area contributed by atoms with Crippen LogP contribution in [0.5, 0.6) is 0 Å². The number of carbonyl (C=O) groups excluding carboxylic acids is 2. The van der Waals surface area contributed by atoms with Crippen LogP contribution in [0.3, 0.4) is 0 Å². The molecule has 11 heteroatoms. The Bertz CT molecular complexity index is 1670. The molecule has 1 fully saturated rings. The summed E-state index contributed by atoms with van der Waals surface area (Å²) < 4.78 is 16.8. The zero-order chi connectivity index (χ0) is 72.2. The predicted molar refractivity (Wildman–Crippen MR) is 426 cm³/mol. The number of unbranched alkanes of at least 4 members (excludes halogenated alkanes) is 68. The lowest BCUT2D eigenvalue weighted by Gasteiger charge is -2.40. The second-order valence-corrected chi connectivity index (χ2v) is 31.7. The van der Waals surface area contributed by atoms with Crippen LogP contribution >= 0.6 is 0 Å². The van der Waals surface area contributed by atoms with Gasteiger partial charge in [-0.25, -0.2) is 0 Å². The molecule has 7 unspecified atom stereocenters. The molecule has 0 aromatic carbocycles. The van der Waals surface area contributed by atoms with E-state index in [2.05, 4.69) is 19.2 Å². The zero-order valence-electron chi connectivity index (χ0n) is 66.7. The first kappa shape index (κ1) is 96.4. The number of allylic oxidation sites excluding steroid dienone is 1. The number of carbonyl (C=O) groups is 2. The van der Waals surface area contributed by atoms with E-state index in [0.717, 1.165) is 51.4 Å². The topological polar surface area (TPSA) is 175 Å². The average Bonchev–Trinajstić information content (AvgIpc) is 0.824. The van der Waals surface area contributed by atoms with Gasteiger partial charge in [-0.3, -0.25) is 9.59 Å². The summed E-state index contributed by atoms with van der Waals surface area (Å²) in [5.41, 5.74) is 0. The van der Waals surface area contributed by atoms with Crippen molar-refractivity contribution in [1.82, 2.24) is 5.32 Å². The maximum Gasteiger partial charge on any atom is 0.305 e. The molecule has 0 aromatic heterocycles. The number of aliphatic hydroxyl groups excluding tert-OH is 5. The molecular weight excluding hydrogens is 1240 g/mol. The van der Waals surface area contributed by atoms with Crippen LogP contribution in [-0.4, -0.2) is 100 Å². The van der Waals surface area contributed by atoms with Crippen molar-refractivity contribution < 1.29 is 49.3 Å². The summed E-state index contributed by atoms with van der Waals surface area (Å²) in [4.78, 5) is 25.3. The van der Waals surface area contributed by atoms with E-state index in [4.69, 9.17) is 14.2 Å². The fraction of sp³-hybridized carbons (Fsp3) is 0.955. The molecule has 0 radical (unpaired) electrons. The molecule has 1 saturated heterocycles. The lowest BCUT2D eigenvalue weighted by atomic mass is 9.99. The molecule has 1 heterocycles. The van der Waals surface area contributed by atoms with E-state index in [9.17, 15) is 35.1 Å². The van der Waals surface area contributed by atoms with E-state index in [1.807, 2.05) is 6.08 Å². The van der Waals surface area contributed by atoms with Gasteiger partial charge >= 0.3 is 5.97 Å². The van der Waals surface area contributed by atoms with Crippen LogP contribution in [0.25, 0.3) is 0 Å². The van der Waals surface area contributed by atoms with Gasteiger partial charge in [0.15, 0.2) is 6.29 Å². The molecule has 100 heavy (non-hydrogen) atoms. The van der Waals surface area contributed by atoms with Crippen molar-refractivity contribution in [1.29, 1.82) is 0 Å². The average molecular weight is 1420 g/mol. The molecule has 7 atom stereocenters. The third kappa shape index (κ3) is 65.9. The second kappa shape index (κ2) is 78.5. The molecule has 0 bridgehead atoms. The summed E-state index contributed by atoms with van der Waals surface area (Å²) in [5, 5.41) is 54.7. The molecule has 0 saturated carbocycles. The molecule has 1 amide bonds. The SMILES string of the molecule is CCCCCCCCCCCCCCC/C=C/C(O)C(COC1OC(CO)C(O)C(O)C1O)NC(=O)CCCCCCCCCCCCCCCCCCCCCCCCCCCCCCCCCCCCCCCCCOC(=O)CCCCCCCCCCCCCCCCCCCC. The Hall–Kier alpha value is -1.60. The van der Waals surface area contributed by atoms with Crippen LogP contribution in [0, 0.1) is 0 Å². The first-order valence-electron chi connectivity index (χ1n) is 45.0. The van der Waals surface area contributed by atoms with E-state index >= 15 is 0 Å². The summed E-state index contributed by atoms with van der Waals surface area (Å²) in [7, 11) is 0. The Morgan fingerprint density at radius 2 is 0.630 bits per heavy atom. The van der Waals surface area contributed by atoms with Crippen LogP contribution in [0.15, 0.2) is 12.2 Å². The van der Waals surface area contributed by atoms with Crippen molar-refractivity contribution in [2.45, 2.75) is 525 Å². The van der Waals surface area contributed by atoms with Crippen molar-refractivity contribution in [3.8, 4) is 0 Å². The highest BCUT2D eigenvalue weighted by atomic mass is 16.7. The molecule has 1 aliphatic heterocycles. The van der Waals surface area contributed by atoms with Crippen LogP contribution in [0.1, 0.15) is 483 Å². The van der Waals surface area contributed by atoms with Crippen LogP contribution < -0.4 is 5.32 Å². The van der Waals surface area contributed by atoms with Gasteiger partial charge in [-0.15, -0.1) is 0 Å². The molecule has 1 aliphatic rings. The molecule has 594 valence electrons. The van der Waals surface area contributed by atoms with Crippen molar-refractivity contribution in [3.05, 3.63) is 12.2 Å². The number of aliphatic hydroxyl groups is 5. The minimum Gasteiger partial charge on any atom is -0.466 e. The number of rotatable bonds is 82. The minimum atomic E-state index is -1.57. The van der Waals surface area contributed by atoms with Gasteiger partial charge in [0.2, 0.25) is 5.91 Å². The Morgan fingerprint density at radius 1 is 0.360 bits per heavy atom. The first-order chi connectivity index (χ1) is 49.2. The fourth-order valence-corrected chi connectivity index (χ4v) is 14.9. The monoisotopic (exact) mass is 1420 g/mol. The third-order valence-electron chi connectivity index (χ3n) is 21.9. The number of hydrogen-bond acceptors (Lipinski definition) is 10. The molecule has 0 aliphatic carbocycles. The molecule has 0 spiro atoms. The summed E-state index contributed by atoms with van der Waals surface area (Å²) in [6.07, 6.45) is 91.4. The van der Waals surface area contributed by atoms with Gasteiger partial charge < -0.3 is 45.1 Å². The molecule has 1 rings (SSSR count). The number of nitrogens with one attached hydrogen (secondary N) is 1. The van der Waals surface area contributed by atoms with Gasteiger partial charge in [0, 0.05) is 12.8 Å². The summed E-state index contributed by atoms with van der Waals surface area (Å²) in [6, 6.07) is -0.805. The van der Waals surface area contributed by atoms with E-state index in [1.54, 1.807) is 6.08 Å². The molecule has 0 aromatic rings. The summed E-state index contributed by atoms with van der Waals surface area (Å²) >= 11 is 0. The third-order valence-corrected chi connectivity index (χ3v) is 21.9. The van der Waals surface area contributed by atoms with E-state index in [-0.39, 0.29) is 18.5 Å². The summed E-state index contributed by atoms with van der Waals surface area (Å²) in [5.74, 6) is -0.147. The van der Waals surface area contributed by atoms with E-state index in [1.165, 1.54) is 405 Å². The smallest absolute Gasteiger partial charge is 0.305 e. The fourth-order valence-electron chi connectivity index (χ4n) is 14.9. The first-order valence-corrected chi connectivity index (χ1v) is 45.0. The lowest BCUT2D eigenvalue weighted by Crippen LogP contribution is -2.60. The van der Waals surface area contributed by atoms with Gasteiger partial charge in [0.25, 0.3) is 0 Å². The highest BCUT2D eigenvalue weighted by Gasteiger charge is 2.44. The highest BCUT2D eigenvalue weighted by Crippen LogP contribution is 2.25. The van der Waals surface area contributed by atoms with Crippen LogP contribution in [0.4, 0.5) is 0 Å². The van der Waals surface area contributed by atoms with Gasteiger partial charge in [-0.1, -0.05) is 450 Å². The maximum absolute atomic E-state index is 13.1. The second-order valence-electron chi connectivity index (χ2n) is 31.7. The zero-order valence-corrected chi connectivity index (χ0v) is 66.7. The normalized spacial score (nSPS) is 17.1. The number of amides is 1. The lowest BCUT2D eigenvalue weighted by molar-refractivity contribution is -0.302. The van der Waals surface area contributed by atoms with Gasteiger partial charge in [-0.05, 0) is 32.1 Å². The van der Waals surface area contributed by atoms with Crippen molar-refractivity contribution >= 4 is 11.9 Å². The Labute approximate surface area is 620 Å². The van der Waals surface area contributed by atoms with Crippen LogP contribution in [0.2, 0.25) is 0 Å². The van der Waals surface area contributed by atoms with Crippen molar-refractivity contribution in [3.63, 3.8) is 0 Å². The largest absolute Gasteiger partial charge is 0.466 e. The van der Waals surface area contributed by atoms with E-state index in [0.29, 0.717) is 19.4 Å². The number of hydrogen-bond donors (Lipinski definition) is 6. The quantitative estimate of drug-likeness (QED) is 0.0195. The minimum absolute atomic E-state index is 0.0243. The molecular formula is C89H173NO10. The number of ether oxygens (including phenoxy) is 3. The molecule has 11 nitrogen and oxygen atoms in total. The van der Waals surface area contributed by atoms with Crippen LogP contribution in [-0.2, 0) is 23.8 Å².